The molecule has 8 aromatic carbocycles. The van der Waals surface area contributed by atoms with Crippen LogP contribution in [0.5, 0.6) is 11.5 Å². The van der Waals surface area contributed by atoms with Crippen LogP contribution in [0, 0.1) is 30.4 Å². The van der Waals surface area contributed by atoms with Gasteiger partial charge in [-0.25, -0.2) is 13.8 Å². The minimum atomic E-state index is -0.316. The summed E-state index contributed by atoms with van der Waals surface area (Å²) >= 11 is 0. The normalized spacial score (nSPS) is 12.6. The molecule has 0 saturated carbocycles. The van der Waals surface area contributed by atoms with Crippen molar-refractivity contribution in [2.24, 2.45) is 0 Å². The largest absolute Gasteiger partial charge is 0.509 e. The van der Waals surface area contributed by atoms with Crippen LogP contribution in [0.2, 0.25) is 0 Å². The Morgan fingerprint density at radius 3 is 1.81 bits per heavy atom. The molecule has 0 spiro atoms. The Morgan fingerprint density at radius 1 is 0.529 bits per heavy atom. The van der Waals surface area contributed by atoms with Crippen LogP contribution in [0.25, 0.3) is 61.0 Å². The summed E-state index contributed by atoms with van der Waals surface area (Å²) in [6, 6.07) is 64.2. The van der Waals surface area contributed by atoms with Crippen LogP contribution in [0.15, 0.2) is 182 Å². The second kappa shape index (κ2) is 18.2. The Kier molecular flexibility index (Phi) is 12.1. The number of pyridine rings is 1. The average Bonchev–Trinajstić information content (AvgIpc) is 3.90. The standard InChI is InChI=1S/C62H49F2N4O.Pt/c1-61(2,3)43-32-33-65-59(36-43)68-55-19-10-8-15-52(55)53-31-30-47(38-58(53)68)69-48-35-42(49-14-7-9-18-54(49)62(4,5)6)34-46(37-48)66-39-67(57-21-12-11-20-56(57)66)60-50(40-22-26-44(63)27-23-40)16-13-17-51(60)41-24-28-45(64)29-25-41;/h7-36,39H,1-6H3;/q-3;. The number of benzene rings is 8. The molecule has 0 saturated heterocycles. The Balaban J connectivity index is 0.00000567. The number of nitrogens with zero attached hydrogens (tertiary/aromatic N) is 4. The third kappa shape index (κ3) is 8.58. The summed E-state index contributed by atoms with van der Waals surface area (Å²) in [5.74, 6) is 1.23. The van der Waals surface area contributed by atoms with E-state index in [1.165, 1.54) is 35.4 Å². The monoisotopic (exact) mass is 1100 g/mol. The first-order valence-corrected chi connectivity index (χ1v) is 23.2. The number of fused-ring (bicyclic) bond motifs is 4. The number of hydrogen-bond donors (Lipinski definition) is 0. The number of rotatable bonds is 8. The van der Waals surface area contributed by atoms with Crippen LogP contribution in [-0.2, 0) is 31.9 Å². The molecule has 0 unspecified atom stereocenters. The predicted molar refractivity (Wildman–Crippen MR) is 278 cm³/mol. The molecule has 0 radical (unpaired) electrons. The molecule has 5 nitrogen and oxygen atoms in total. The molecule has 70 heavy (non-hydrogen) atoms. The maximum atomic E-state index is 14.4. The van der Waals surface area contributed by atoms with Gasteiger partial charge in [0.2, 0.25) is 0 Å². The number of anilines is 4. The summed E-state index contributed by atoms with van der Waals surface area (Å²) < 4.78 is 37.9. The first kappa shape index (κ1) is 46.4. The van der Waals surface area contributed by atoms with Crippen molar-refractivity contribution in [3.05, 3.63) is 224 Å². The molecular formula is C62H49F2N4OPt-3. The second-order valence-electron chi connectivity index (χ2n) is 19.7. The van der Waals surface area contributed by atoms with E-state index in [2.05, 4.69) is 166 Å². The van der Waals surface area contributed by atoms with E-state index >= 15 is 0 Å². The predicted octanol–water partition coefficient (Wildman–Crippen LogP) is 16.9. The minimum Gasteiger partial charge on any atom is -0.509 e. The molecule has 2 aromatic heterocycles. The maximum absolute atomic E-state index is 14.4. The molecule has 10 aromatic rings. The molecule has 350 valence electrons. The zero-order valence-corrected chi connectivity index (χ0v) is 41.9. The van der Waals surface area contributed by atoms with Crippen LogP contribution in [0.1, 0.15) is 52.7 Å². The maximum Gasteiger partial charge on any atom is 0.135 e. The fraction of sp³-hybridized carbons (Fsp3) is 0.129. The van der Waals surface area contributed by atoms with Crippen LogP contribution in [-0.4, -0.2) is 9.55 Å². The summed E-state index contributed by atoms with van der Waals surface area (Å²) in [4.78, 5) is 9.20. The zero-order chi connectivity index (χ0) is 47.6. The Labute approximate surface area is 422 Å². The topological polar surface area (TPSA) is 33.5 Å². The average molecular weight is 1100 g/mol. The number of ether oxygens (including phenoxy) is 1. The number of halogens is 2. The van der Waals surface area contributed by atoms with Gasteiger partial charge in [-0.2, -0.15) is 6.07 Å². The van der Waals surface area contributed by atoms with E-state index in [1.54, 1.807) is 24.3 Å². The van der Waals surface area contributed by atoms with Gasteiger partial charge in [-0.15, -0.1) is 53.6 Å². The van der Waals surface area contributed by atoms with E-state index in [-0.39, 0.29) is 43.5 Å². The van der Waals surface area contributed by atoms with Crippen molar-refractivity contribution in [3.8, 4) is 50.7 Å². The van der Waals surface area contributed by atoms with Crippen molar-refractivity contribution in [2.45, 2.75) is 52.4 Å². The van der Waals surface area contributed by atoms with Gasteiger partial charge >= 0.3 is 0 Å². The summed E-state index contributed by atoms with van der Waals surface area (Å²) in [6.07, 6.45) is 1.88. The quantitative estimate of drug-likeness (QED) is 0.142. The molecule has 0 N–H and O–H groups in total. The van der Waals surface area contributed by atoms with Gasteiger partial charge in [0.15, 0.2) is 0 Å². The zero-order valence-electron chi connectivity index (χ0n) is 39.7. The van der Waals surface area contributed by atoms with Gasteiger partial charge in [-0.3, -0.25) is 0 Å². The summed E-state index contributed by atoms with van der Waals surface area (Å²) in [6.45, 7) is 15.4. The summed E-state index contributed by atoms with van der Waals surface area (Å²) in [5, 5.41) is 2.15. The fourth-order valence-corrected chi connectivity index (χ4v) is 9.56. The van der Waals surface area contributed by atoms with Crippen LogP contribution < -0.4 is 14.5 Å². The third-order valence-corrected chi connectivity index (χ3v) is 13.0. The van der Waals surface area contributed by atoms with Crippen molar-refractivity contribution in [3.63, 3.8) is 0 Å². The van der Waals surface area contributed by atoms with Crippen LogP contribution in [0.3, 0.4) is 0 Å². The van der Waals surface area contributed by atoms with Gasteiger partial charge in [-0.05, 0) is 98.6 Å². The van der Waals surface area contributed by atoms with E-state index in [0.29, 0.717) is 11.5 Å². The van der Waals surface area contributed by atoms with Gasteiger partial charge in [0.1, 0.15) is 17.5 Å². The SMILES string of the molecule is CC(C)(C)c1ccnc(-n2c3[c-]c(Oc4[c-]c(N5[CH-]N(c6c(-c7ccc(F)cc7)cccc6-c6ccc(F)cc6)c6ccccc65)cc(-c5ccccc5C(C)(C)C)c4)ccc3c3ccccc32)c1.[Pt]. The van der Waals surface area contributed by atoms with Crippen molar-refractivity contribution in [1.29, 1.82) is 0 Å². The summed E-state index contributed by atoms with van der Waals surface area (Å²) in [5.41, 5.74) is 13.0. The Morgan fingerprint density at radius 2 is 1.14 bits per heavy atom. The molecule has 0 fully saturated rings. The van der Waals surface area contributed by atoms with Gasteiger partial charge < -0.3 is 19.1 Å². The third-order valence-electron chi connectivity index (χ3n) is 13.0. The van der Waals surface area contributed by atoms with Gasteiger partial charge in [0, 0.05) is 72.5 Å². The Bertz CT molecular complexity index is 3510. The van der Waals surface area contributed by atoms with E-state index in [4.69, 9.17) is 9.72 Å². The van der Waals surface area contributed by atoms with Crippen molar-refractivity contribution in [2.75, 3.05) is 9.80 Å². The number of hydrogen-bond acceptors (Lipinski definition) is 4. The van der Waals surface area contributed by atoms with E-state index in [1.807, 2.05) is 42.6 Å². The molecule has 8 heteroatoms. The van der Waals surface area contributed by atoms with E-state index in [0.717, 1.165) is 83.8 Å². The molecular weight excluding hydrogens is 1050 g/mol. The molecule has 11 rings (SSSR count). The fourth-order valence-electron chi connectivity index (χ4n) is 9.56. The van der Waals surface area contributed by atoms with Crippen molar-refractivity contribution in [1.82, 2.24) is 9.55 Å². The van der Waals surface area contributed by atoms with Crippen LogP contribution in [0.4, 0.5) is 31.5 Å². The first-order valence-electron chi connectivity index (χ1n) is 23.2. The molecule has 0 bridgehead atoms. The second-order valence-corrected chi connectivity index (χ2v) is 19.7. The van der Waals surface area contributed by atoms with E-state index < -0.39 is 0 Å². The minimum absolute atomic E-state index is 0. The van der Waals surface area contributed by atoms with Crippen molar-refractivity contribution < 1.29 is 34.6 Å². The number of aromatic nitrogens is 2. The Hall–Kier alpha value is -7.34. The first-order chi connectivity index (χ1) is 33.3. The van der Waals surface area contributed by atoms with Crippen molar-refractivity contribution >= 4 is 44.6 Å². The molecule has 1 aliphatic heterocycles. The molecule has 3 heterocycles. The number of para-hydroxylation sites is 4. The molecule has 0 amide bonds. The van der Waals surface area contributed by atoms with E-state index in [9.17, 15) is 8.78 Å². The van der Waals surface area contributed by atoms with Gasteiger partial charge in [0.05, 0.1) is 0 Å². The molecule has 0 aliphatic carbocycles. The van der Waals surface area contributed by atoms with Gasteiger partial charge in [-0.1, -0.05) is 144 Å². The summed E-state index contributed by atoms with van der Waals surface area (Å²) in [7, 11) is 0. The van der Waals surface area contributed by atoms with Crippen LogP contribution >= 0.6 is 0 Å². The van der Waals surface area contributed by atoms with Gasteiger partial charge in [0.25, 0.3) is 0 Å². The smallest absolute Gasteiger partial charge is 0.135 e. The molecule has 0 atom stereocenters. The molecule has 1 aliphatic rings.